The summed E-state index contributed by atoms with van der Waals surface area (Å²) in [5.74, 6) is 0. The van der Waals surface area contributed by atoms with Gasteiger partial charge in [-0.3, -0.25) is 5.10 Å². The minimum Gasteiger partial charge on any atom is -0.389 e. The number of hydrogen-bond donors (Lipinski definition) is 3. The van der Waals surface area contributed by atoms with E-state index < -0.39 is 5.60 Å². The highest BCUT2D eigenvalue weighted by atomic mass is 16.3. The Hall–Kier alpha value is -1.39. The topological polar surface area (TPSA) is 60.9 Å². The maximum Gasteiger partial charge on any atom is 0.0771 e. The number of hydrogen-bond acceptors (Lipinski definition) is 3. The first-order chi connectivity index (χ1) is 9.77. The number of H-pyrrole nitrogens is 1. The summed E-state index contributed by atoms with van der Waals surface area (Å²) in [6.07, 6.45) is 8.51. The number of para-hydroxylation sites is 1. The van der Waals surface area contributed by atoms with Crippen molar-refractivity contribution in [1.82, 2.24) is 15.5 Å². The van der Waals surface area contributed by atoms with Gasteiger partial charge < -0.3 is 10.4 Å². The van der Waals surface area contributed by atoms with Gasteiger partial charge in [-0.05, 0) is 18.4 Å². The molecule has 4 nitrogen and oxygen atoms in total. The second-order valence-electron chi connectivity index (χ2n) is 5.99. The van der Waals surface area contributed by atoms with E-state index in [0.29, 0.717) is 6.54 Å². The largest absolute Gasteiger partial charge is 0.389 e. The monoisotopic (exact) mass is 273 g/mol. The van der Waals surface area contributed by atoms with Gasteiger partial charge in [0.25, 0.3) is 0 Å². The Bertz CT molecular complexity index is 556. The predicted octanol–water partition coefficient (Wildman–Crippen LogP) is 2.74. The van der Waals surface area contributed by atoms with Crippen LogP contribution < -0.4 is 5.32 Å². The van der Waals surface area contributed by atoms with Crippen molar-refractivity contribution in [3.05, 3.63) is 30.0 Å². The molecule has 0 spiro atoms. The van der Waals surface area contributed by atoms with Gasteiger partial charge in [0, 0.05) is 18.5 Å². The third kappa shape index (κ3) is 3.02. The van der Waals surface area contributed by atoms with Crippen LogP contribution in [-0.2, 0) is 6.54 Å². The van der Waals surface area contributed by atoms with Crippen molar-refractivity contribution >= 4 is 10.9 Å². The fourth-order valence-electron chi connectivity index (χ4n) is 3.17. The predicted molar refractivity (Wildman–Crippen MR) is 80.5 cm³/mol. The molecule has 0 amide bonds. The number of benzene rings is 1. The van der Waals surface area contributed by atoms with Gasteiger partial charge in [0.1, 0.15) is 0 Å². The molecule has 3 rings (SSSR count). The summed E-state index contributed by atoms with van der Waals surface area (Å²) in [7, 11) is 0. The lowest BCUT2D eigenvalue weighted by atomic mass is 9.94. The summed E-state index contributed by atoms with van der Waals surface area (Å²) in [4.78, 5) is 0. The van der Waals surface area contributed by atoms with Gasteiger partial charge in [-0.2, -0.15) is 5.10 Å². The van der Waals surface area contributed by atoms with Gasteiger partial charge in [0.2, 0.25) is 0 Å². The summed E-state index contributed by atoms with van der Waals surface area (Å²) in [5.41, 5.74) is 1.78. The Labute approximate surface area is 119 Å². The van der Waals surface area contributed by atoms with Crippen LogP contribution in [-0.4, -0.2) is 27.4 Å². The number of nitrogens with one attached hydrogen (secondary N) is 2. The Morgan fingerprint density at radius 1 is 1.20 bits per heavy atom. The second kappa shape index (κ2) is 5.94. The molecule has 1 aliphatic carbocycles. The Balaban J connectivity index is 1.60. The lowest BCUT2D eigenvalue weighted by molar-refractivity contribution is 0.0250. The molecular weight excluding hydrogens is 250 g/mol. The van der Waals surface area contributed by atoms with Crippen molar-refractivity contribution in [1.29, 1.82) is 0 Å². The van der Waals surface area contributed by atoms with Gasteiger partial charge >= 0.3 is 0 Å². The third-order valence-corrected chi connectivity index (χ3v) is 4.37. The fraction of sp³-hybridized carbons (Fsp3) is 0.562. The van der Waals surface area contributed by atoms with Crippen molar-refractivity contribution < 1.29 is 5.11 Å². The maximum atomic E-state index is 10.6. The first-order valence-corrected chi connectivity index (χ1v) is 7.61. The zero-order valence-electron chi connectivity index (χ0n) is 11.9. The molecule has 1 heterocycles. The first kappa shape index (κ1) is 13.6. The normalized spacial score (nSPS) is 19.1. The van der Waals surface area contributed by atoms with Crippen LogP contribution in [0.4, 0.5) is 0 Å². The van der Waals surface area contributed by atoms with Gasteiger partial charge in [-0.25, -0.2) is 0 Å². The quantitative estimate of drug-likeness (QED) is 0.751. The Morgan fingerprint density at radius 2 is 2.00 bits per heavy atom. The minimum absolute atomic E-state index is 0.515. The summed E-state index contributed by atoms with van der Waals surface area (Å²) in [5, 5.41) is 22.3. The average Bonchev–Trinajstić information content (AvgIpc) is 2.82. The number of aliphatic hydroxyl groups is 1. The minimum atomic E-state index is -0.515. The molecule has 0 unspecified atom stereocenters. The molecule has 1 aromatic heterocycles. The standard InChI is InChI=1S/C16H23N3O/c20-16(8-3-1-2-4-9-16)12-17-10-13-6-5-7-14-11-18-19-15(13)14/h5-7,11,17,20H,1-4,8-10,12H2,(H,18,19). The van der Waals surface area contributed by atoms with E-state index in [1.54, 1.807) is 0 Å². The fourth-order valence-corrected chi connectivity index (χ4v) is 3.17. The molecule has 0 atom stereocenters. The number of nitrogens with zero attached hydrogens (tertiary/aromatic N) is 1. The van der Waals surface area contributed by atoms with E-state index in [4.69, 9.17) is 0 Å². The van der Waals surface area contributed by atoms with E-state index in [9.17, 15) is 5.11 Å². The lowest BCUT2D eigenvalue weighted by Gasteiger charge is -2.27. The van der Waals surface area contributed by atoms with E-state index in [1.807, 2.05) is 6.20 Å². The highest BCUT2D eigenvalue weighted by molar-refractivity contribution is 5.81. The second-order valence-corrected chi connectivity index (χ2v) is 5.99. The van der Waals surface area contributed by atoms with Crippen LogP contribution in [0.5, 0.6) is 0 Å². The van der Waals surface area contributed by atoms with Crippen LogP contribution in [0.3, 0.4) is 0 Å². The van der Waals surface area contributed by atoms with Crippen molar-refractivity contribution in [3.63, 3.8) is 0 Å². The van der Waals surface area contributed by atoms with E-state index in [0.717, 1.165) is 43.1 Å². The molecule has 1 saturated carbocycles. The van der Waals surface area contributed by atoms with Crippen LogP contribution in [0.15, 0.2) is 24.4 Å². The van der Waals surface area contributed by atoms with Crippen LogP contribution >= 0.6 is 0 Å². The molecule has 20 heavy (non-hydrogen) atoms. The summed E-state index contributed by atoms with van der Waals surface area (Å²) >= 11 is 0. The average molecular weight is 273 g/mol. The van der Waals surface area contributed by atoms with Crippen LogP contribution in [0, 0.1) is 0 Å². The van der Waals surface area contributed by atoms with Gasteiger partial charge in [-0.1, -0.05) is 43.9 Å². The van der Waals surface area contributed by atoms with Crippen molar-refractivity contribution in [2.24, 2.45) is 0 Å². The summed E-state index contributed by atoms with van der Waals surface area (Å²) < 4.78 is 0. The number of aromatic nitrogens is 2. The molecule has 1 aromatic carbocycles. The Kier molecular flexibility index (Phi) is 4.03. The molecule has 0 saturated heterocycles. The zero-order chi connectivity index (χ0) is 13.8. The number of fused-ring (bicyclic) bond motifs is 1. The smallest absolute Gasteiger partial charge is 0.0771 e. The lowest BCUT2D eigenvalue weighted by Crippen LogP contribution is -2.39. The van der Waals surface area contributed by atoms with Gasteiger partial charge in [-0.15, -0.1) is 0 Å². The molecule has 2 aromatic rings. The van der Waals surface area contributed by atoms with E-state index >= 15 is 0 Å². The molecule has 0 bridgehead atoms. The van der Waals surface area contributed by atoms with E-state index in [1.165, 1.54) is 18.4 Å². The summed E-state index contributed by atoms with van der Waals surface area (Å²) in [6, 6.07) is 6.21. The Morgan fingerprint density at radius 3 is 2.80 bits per heavy atom. The number of aromatic amines is 1. The molecule has 1 aliphatic rings. The van der Waals surface area contributed by atoms with E-state index in [-0.39, 0.29) is 0 Å². The zero-order valence-corrected chi connectivity index (χ0v) is 11.9. The summed E-state index contributed by atoms with van der Waals surface area (Å²) in [6.45, 7) is 1.44. The molecular formula is C16H23N3O. The van der Waals surface area contributed by atoms with Crippen LogP contribution in [0.25, 0.3) is 10.9 Å². The molecule has 4 heteroatoms. The molecule has 108 valence electrons. The van der Waals surface area contributed by atoms with Crippen molar-refractivity contribution in [2.75, 3.05) is 6.54 Å². The van der Waals surface area contributed by atoms with E-state index in [2.05, 4.69) is 33.7 Å². The number of rotatable bonds is 4. The molecule has 0 radical (unpaired) electrons. The SMILES string of the molecule is OC1(CNCc2cccc3cn[nH]c23)CCCCCC1. The van der Waals surface area contributed by atoms with Crippen molar-refractivity contribution in [3.8, 4) is 0 Å². The highest BCUT2D eigenvalue weighted by Gasteiger charge is 2.27. The molecule has 1 fully saturated rings. The maximum absolute atomic E-state index is 10.6. The third-order valence-electron chi connectivity index (χ3n) is 4.37. The molecule has 0 aliphatic heterocycles. The van der Waals surface area contributed by atoms with Crippen LogP contribution in [0.2, 0.25) is 0 Å². The molecule has 3 N–H and O–H groups in total. The van der Waals surface area contributed by atoms with Crippen molar-refractivity contribution in [2.45, 2.75) is 50.7 Å². The highest BCUT2D eigenvalue weighted by Crippen LogP contribution is 2.26. The van der Waals surface area contributed by atoms with Gasteiger partial charge in [0.15, 0.2) is 0 Å². The van der Waals surface area contributed by atoms with Gasteiger partial charge in [0.05, 0.1) is 17.3 Å². The first-order valence-electron chi connectivity index (χ1n) is 7.61. The van der Waals surface area contributed by atoms with Crippen LogP contribution in [0.1, 0.15) is 44.1 Å².